The molecule has 86 valence electrons. The first kappa shape index (κ1) is 14.1. The fraction of sp³-hybridized carbons (Fsp3) is 1.00. The number of unbranched alkanes of at least 4 members (excludes halogenated alkanes) is 1. The second-order valence-corrected chi connectivity index (χ2v) is 4.76. The molecule has 0 radical (unpaired) electrons. The summed E-state index contributed by atoms with van der Waals surface area (Å²) in [5.74, 6) is 0.277. The highest BCUT2D eigenvalue weighted by Gasteiger charge is 2.27. The summed E-state index contributed by atoms with van der Waals surface area (Å²) in [6.45, 7) is 3.80. The minimum absolute atomic E-state index is 0.0120. The normalized spacial score (nSPS) is 14.8. The molecule has 0 aliphatic rings. The van der Waals surface area contributed by atoms with Gasteiger partial charge in [0.1, 0.15) is 0 Å². The quantitative estimate of drug-likeness (QED) is 0.705. The van der Waals surface area contributed by atoms with Crippen molar-refractivity contribution in [2.75, 3.05) is 5.75 Å². The van der Waals surface area contributed by atoms with Crippen LogP contribution in [0.25, 0.3) is 0 Å². The van der Waals surface area contributed by atoms with Crippen LogP contribution in [0.3, 0.4) is 0 Å². The number of aliphatic hydroxyl groups is 1. The van der Waals surface area contributed by atoms with E-state index >= 15 is 0 Å². The number of rotatable bonds is 6. The summed E-state index contributed by atoms with van der Waals surface area (Å²) in [4.78, 5) is 0. The molecule has 0 saturated carbocycles. The molecule has 1 nitrogen and oxygen atoms in total. The van der Waals surface area contributed by atoms with E-state index in [0.717, 1.165) is 0 Å². The molecule has 0 spiro atoms. The smallest absolute Gasteiger partial charge is 0.393 e. The standard InChI is InChI=1S/C9H17F3OS/c1-7(2)8(13)5-3-4-6-14-9(10,11)12/h7-8,13H,3-6H2,1-2H3. The van der Waals surface area contributed by atoms with Gasteiger partial charge in [-0.15, -0.1) is 0 Å². The molecule has 0 aliphatic carbocycles. The number of aliphatic hydroxyl groups excluding tert-OH is 1. The van der Waals surface area contributed by atoms with Crippen LogP contribution in [0.4, 0.5) is 13.2 Å². The number of thioether (sulfide) groups is 1. The maximum Gasteiger partial charge on any atom is 0.441 e. The van der Waals surface area contributed by atoms with Gasteiger partial charge in [-0.25, -0.2) is 0 Å². The molecule has 14 heavy (non-hydrogen) atoms. The van der Waals surface area contributed by atoms with E-state index in [4.69, 9.17) is 0 Å². The lowest BCUT2D eigenvalue weighted by Crippen LogP contribution is -2.14. The highest BCUT2D eigenvalue weighted by Crippen LogP contribution is 2.30. The Morgan fingerprint density at radius 3 is 2.21 bits per heavy atom. The van der Waals surface area contributed by atoms with Gasteiger partial charge in [-0.1, -0.05) is 32.0 Å². The summed E-state index contributed by atoms with van der Waals surface area (Å²) in [5, 5.41) is 9.36. The molecule has 0 rings (SSSR count). The topological polar surface area (TPSA) is 20.2 Å². The first-order valence-electron chi connectivity index (χ1n) is 4.71. The van der Waals surface area contributed by atoms with Crippen molar-refractivity contribution in [1.29, 1.82) is 0 Å². The fourth-order valence-electron chi connectivity index (χ4n) is 0.977. The van der Waals surface area contributed by atoms with Gasteiger partial charge >= 0.3 is 5.51 Å². The van der Waals surface area contributed by atoms with Crippen LogP contribution in [0.5, 0.6) is 0 Å². The van der Waals surface area contributed by atoms with E-state index in [1.807, 2.05) is 13.8 Å². The summed E-state index contributed by atoms with van der Waals surface area (Å²) in [6, 6.07) is 0. The van der Waals surface area contributed by atoms with Gasteiger partial charge < -0.3 is 5.11 Å². The predicted octanol–water partition coefficient (Wildman–Crippen LogP) is 3.43. The lowest BCUT2D eigenvalue weighted by atomic mass is 10.0. The van der Waals surface area contributed by atoms with Gasteiger partial charge in [-0.3, -0.25) is 0 Å². The second kappa shape index (κ2) is 6.56. The SMILES string of the molecule is CC(C)C(O)CCCCSC(F)(F)F. The van der Waals surface area contributed by atoms with E-state index in [0.29, 0.717) is 19.3 Å². The third-order valence-corrected chi connectivity index (χ3v) is 2.75. The van der Waals surface area contributed by atoms with E-state index in [-0.39, 0.29) is 29.5 Å². The number of alkyl halides is 3. The molecule has 0 amide bonds. The molecule has 1 atom stereocenters. The molecule has 5 heteroatoms. The predicted molar refractivity (Wildman–Crippen MR) is 53.2 cm³/mol. The highest BCUT2D eigenvalue weighted by molar-refractivity contribution is 8.00. The van der Waals surface area contributed by atoms with Crippen LogP contribution < -0.4 is 0 Å². The van der Waals surface area contributed by atoms with Gasteiger partial charge in [0.15, 0.2) is 0 Å². The van der Waals surface area contributed by atoms with Crippen LogP contribution in [0.15, 0.2) is 0 Å². The second-order valence-electron chi connectivity index (χ2n) is 3.60. The van der Waals surface area contributed by atoms with E-state index in [9.17, 15) is 18.3 Å². The monoisotopic (exact) mass is 230 g/mol. The summed E-state index contributed by atoms with van der Waals surface area (Å²) < 4.78 is 35.0. The molecular formula is C9H17F3OS. The Labute approximate surface area is 87.1 Å². The lowest BCUT2D eigenvalue weighted by Gasteiger charge is -2.13. The van der Waals surface area contributed by atoms with Crippen molar-refractivity contribution in [1.82, 2.24) is 0 Å². The molecule has 0 aromatic carbocycles. The van der Waals surface area contributed by atoms with Crippen molar-refractivity contribution < 1.29 is 18.3 Å². The van der Waals surface area contributed by atoms with E-state index < -0.39 is 5.51 Å². The first-order valence-corrected chi connectivity index (χ1v) is 5.70. The fourth-order valence-corrected chi connectivity index (χ4v) is 1.56. The van der Waals surface area contributed by atoms with Crippen molar-refractivity contribution in [3.63, 3.8) is 0 Å². The minimum Gasteiger partial charge on any atom is -0.393 e. The van der Waals surface area contributed by atoms with Crippen LogP contribution in [-0.2, 0) is 0 Å². The molecule has 0 bridgehead atoms. The summed E-state index contributed by atoms with van der Waals surface area (Å²) in [5.41, 5.74) is -4.11. The van der Waals surface area contributed by atoms with E-state index in [1.54, 1.807) is 0 Å². The Morgan fingerprint density at radius 2 is 1.79 bits per heavy atom. The molecule has 1 unspecified atom stereocenters. The van der Waals surface area contributed by atoms with Gasteiger partial charge in [0.25, 0.3) is 0 Å². The maximum absolute atomic E-state index is 11.7. The zero-order valence-corrected chi connectivity index (χ0v) is 9.29. The molecular weight excluding hydrogens is 213 g/mol. The van der Waals surface area contributed by atoms with E-state index in [1.165, 1.54) is 0 Å². The third-order valence-electron chi connectivity index (χ3n) is 1.93. The maximum atomic E-state index is 11.7. The number of hydrogen-bond acceptors (Lipinski definition) is 2. The Morgan fingerprint density at radius 1 is 1.21 bits per heavy atom. The molecule has 0 saturated heterocycles. The van der Waals surface area contributed by atoms with Gasteiger partial charge in [-0.2, -0.15) is 13.2 Å². The largest absolute Gasteiger partial charge is 0.441 e. The van der Waals surface area contributed by atoms with Crippen LogP contribution >= 0.6 is 11.8 Å². The summed E-state index contributed by atoms with van der Waals surface area (Å²) in [7, 11) is 0. The lowest BCUT2D eigenvalue weighted by molar-refractivity contribution is -0.0328. The van der Waals surface area contributed by atoms with Crippen molar-refractivity contribution in [2.45, 2.75) is 44.7 Å². The van der Waals surface area contributed by atoms with Gasteiger partial charge in [0.2, 0.25) is 0 Å². The Kier molecular flexibility index (Phi) is 6.61. The zero-order valence-electron chi connectivity index (χ0n) is 8.47. The number of hydrogen-bond donors (Lipinski definition) is 1. The van der Waals surface area contributed by atoms with E-state index in [2.05, 4.69) is 0 Å². The van der Waals surface area contributed by atoms with Gasteiger partial charge in [0, 0.05) is 5.75 Å². The van der Waals surface area contributed by atoms with Gasteiger partial charge in [-0.05, 0) is 18.8 Å². The Hall–Kier alpha value is 0.100. The van der Waals surface area contributed by atoms with Crippen molar-refractivity contribution in [3.05, 3.63) is 0 Å². The van der Waals surface area contributed by atoms with Crippen LogP contribution in [0.2, 0.25) is 0 Å². The molecule has 1 N–H and O–H groups in total. The average Bonchev–Trinajstić information content (AvgIpc) is 2.01. The average molecular weight is 230 g/mol. The number of halogens is 3. The third kappa shape index (κ3) is 8.69. The Balaban J connectivity index is 3.30. The molecule has 0 heterocycles. The first-order chi connectivity index (χ1) is 6.33. The van der Waals surface area contributed by atoms with Crippen molar-refractivity contribution in [3.8, 4) is 0 Å². The zero-order chi connectivity index (χ0) is 11.2. The molecule has 0 aliphatic heterocycles. The Bertz CT molecular complexity index is 147. The molecule has 0 fully saturated rings. The highest BCUT2D eigenvalue weighted by atomic mass is 32.2. The molecule has 0 aromatic rings. The van der Waals surface area contributed by atoms with Crippen LogP contribution in [-0.4, -0.2) is 22.5 Å². The van der Waals surface area contributed by atoms with Crippen molar-refractivity contribution in [2.24, 2.45) is 5.92 Å². The molecule has 0 aromatic heterocycles. The van der Waals surface area contributed by atoms with Crippen LogP contribution in [0, 0.1) is 5.92 Å². The van der Waals surface area contributed by atoms with Crippen molar-refractivity contribution >= 4 is 11.8 Å². The minimum atomic E-state index is -4.11. The summed E-state index contributed by atoms with van der Waals surface area (Å²) >= 11 is 0.0120. The summed E-state index contributed by atoms with van der Waals surface area (Å²) in [6.07, 6.45) is 1.37. The van der Waals surface area contributed by atoms with Gasteiger partial charge in [0.05, 0.1) is 6.10 Å². The van der Waals surface area contributed by atoms with Crippen LogP contribution in [0.1, 0.15) is 33.1 Å².